The first-order valence-corrected chi connectivity index (χ1v) is 8.64. The maximum atomic E-state index is 2.49. The lowest BCUT2D eigenvalue weighted by molar-refractivity contribution is 1.33. The minimum absolute atomic E-state index is 1.07. The summed E-state index contributed by atoms with van der Waals surface area (Å²) in [5.74, 6) is 0. The van der Waals surface area contributed by atoms with Crippen LogP contribution in [-0.2, 0) is 0 Å². The van der Waals surface area contributed by atoms with Crippen LogP contribution in [-0.4, -0.2) is 8.07 Å². The lowest BCUT2D eigenvalue weighted by Crippen LogP contribution is -2.27. The summed E-state index contributed by atoms with van der Waals surface area (Å²) in [5.41, 5.74) is 0. The maximum absolute atomic E-state index is 2.49. The number of allylic oxidation sites excluding steroid dienone is 6. The summed E-state index contributed by atoms with van der Waals surface area (Å²) in [6, 6.07) is 3.91. The van der Waals surface area contributed by atoms with E-state index in [0.29, 0.717) is 0 Å². The quantitative estimate of drug-likeness (QED) is 0.435. The smallest absolute Gasteiger partial charge is 0.0617 e. The molecule has 0 fully saturated rings. The van der Waals surface area contributed by atoms with Gasteiger partial charge in [-0.05, 0) is 38.9 Å². The second kappa shape index (κ2) is 7.81. The molecule has 0 saturated heterocycles. The van der Waals surface area contributed by atoms with E-state index in [1.807, 2.05) is 0 Å². The lowest BCUT2D eigenvalue weighted by atomic mass is 10.6. The lowest BCUT2D eigenvalue weighted by Gasteiger charge is -2.23. The van der Waals surface area contributed by atoms with E-state index in [9.17, 15) is 0 Å². The highest BCUT2D eigenvalue weighted by atomic mass is 28.3. The van der Waals surface area contributed by atoms with E-state index in [1.54, 1.807) is 0 Å². The van der Waals surface area contributed by atoms with E-state index >= 15 is 0 Å². The molecule has 0 aromatic heterocycles. The number of rotatable bonds is 6. The molecule has 0 nitrogen and oxygen atoms in total. The van der Waals surface area contributed by atoms with E-state index in [0.717, 1.165) is 0 Å². The molecule has 0 unspecified atom stereocenters. The van der Waals surface area contributed by atoms with Crippen molar-refractivity contribution in [3.63, 3.8) is 0 Å². The molecule has 0 rings (SSSR count). The zero-order chi connectivity index (χ0) is 10.9. The van der Waals surface area contributed by atoms with Crippen molar-refractivity contribution in [2.45, 2.75) is 45.5 Å². The van der Waals surface area contributed by atoms with Crippen LogP contribution >= 0.6 is 0 Å². The van der Waals surface area contributed by atoms with Crippen LogP contribution in [0.15, 0.2) is 36.5 Å². The van der Waals surface area contributed by atoms with Gasteiger partial charge in [0.05, 0.1) is 8.07 Å². The molecular weight excluding hydrogens is 184 g/mol. The van der Waals surface area contributed by atoms with E-state index in [4.69, 9.17) is 0 Å². The highest BCUT2D eigenvalue weighted by Gasteiger charge is 2.21. The molecule has 0 aliphatic carbocycles. The average Bonchev–Trinajstić information content (AvgIpc) is 2.21. The Kier molecular flexibility index (Phi) is 7.49. The molecule has 0 aliphatic rings. The second-order valence-electron chi connectivity index (χ2n) is 4.13. The van der Waals surface area contributed by atoms with Crippen LogP contribution in [0.1, 0.15) is 20.8 Å². The SMILES string of the molecule is CC=CC[Si](C)(CC=CC)CC=CC. The Hall–Kier alpha value is -0.563. The van der Waals surface area contributed by atoms with Gasteiger partial charge in [0.15, 0.2) is 0 Å². The molecule has 1 heteroatoms. The molecule has 0 heterocycles. The Labute approximate surface area is 90.4 Å². The summed E-state index contributed by atoms with van der Waals surface area (Å²) >= 11 is 0. The third kappa shape index (κ3) is 5.98. The van der Waals surface area contributed by atoms with Gasteiger partial charge in [-0.1, -0.05) is 43.0 Å². The molecule has 0 aliphatic heterocycles. The van der Waals surface area contributed by atoms with Crippen molar-refractivity contribution in [1.29, 1.82) is 0 Å². The minimum Gasteiger partial charge on any atom is -0.0919 e. The second-order valence-corrected chi connectivity index (χ2v) is 8.98. The van der Waals surface area contributed by atoms with Crippen molar-refractivity contribution >= 4 is 8.07 Å². The number of hydrogen-bond donors (Lipinski definition) is 0. The Morgan fingerprint density at radius 3 is 1.21 bits per heavy atom. The zero-order valence-corrected chi connectivity index (χ0v) is 11.1. The molecule has 0 radical (unpaired) electrons. The highest BCUT2D eigenvalue weighted by molar-refractivity contribution is 6.79. The van der Waals surface area contributed by atoms with Crippen molar-refractivity contribution in [1.82, 2.24) is 0 Å². The fourth-order valence-corrected chi connectivity index (χ4v) is 4.37. The average molecular weight is 208 g/mol. The topological polar surface area (TPSA) is 0 Å². The van der Waals surface area contributed by atoms with Gasteiger partial charge in [0.2, 0.25) is 0 Å². The van der Waals surface area contributed by atoms with Crippen molar-refractivity contribution in [2.75, 3.05) is 0 Å². The molecule has 0 aromatic carbocycles. The summed E-state index contributed by atoms with van der Waals surface area (Å²) in [6.45, 7) is 8.83. The first kappa shape index (κ1) is 13.4. The van der Waals surface area contributed by atoms with E-state index in [1.165, 1.54) is 18.1 Å². The largest absolute Gasteiger partial charge is 0.0919 e. The fraction of sp³-hybridized carbons (Fsp3) is 0.538. The molecule has 14 heavy (non-hydrogen) atoms. The normalized spacial score (nSPS) is 17.1. The first-order valence-electron chi connectivity index (χ1n) is 5.52. The summed E-state index contributed by atoms with van der Waals surface area (Å²) in [6.07, 6.45) is 13.5. The van der Waals surface area contributed by atoms with Gasteiger partial charge in [0, 0.05) is 0 Å². The predicted molar refractivity (Wildman–Crippen MR) is 70.5 cm³/mol. The standard InChI is InChI=1S/C13H24Si/c1-5-8-11-14(4,12-9-6-2)13-10-7-3/h5-10H,11-13H2,1-4H3. The molecule has 0 spiro atoms. The van der Waals surface area contributed by atoms with Crippen LogP contribution in [0.3, 0.4) is 0 Å². The van der Waals surface area contributed by atoms with Crippen LogP contribution in [0, 0.1) is 0 Å². The Balaban J connectivity index is 4.30. The van der Waals surface area contributed by atoms with Gasteiger partial charge in [0.1, 0.15) is 0 Å². The zero-order valence-electron chi connectivity index (χ0n) is 10.1. The van der Waals surface area contributed by atoms with Gasteiger partial charge in [-0.25, -0.2) is 0 Å². The highest BCUT2D eigenvalue weighted by Crippen LogP contribution is 2.22. The third-order valence-corrected chi connectivity index (χ3v) is 6.20. The van der Waals surface area contributed by atoms with Crippen LogP contribution < -0.4 is 0 Å². The molecule has 0 saturated carbocycles. The van der Waals surface area contributed by atoms with E-state index in [2.05, 4.69) is 63.8 Å². The Morgan fingerprint density at radius 2 is 1.00 bits per heavy atom. The van der Waals surface area contributed by atoms with Crippen LogP contribution in [0.4, 0.5) is 0 Å². The van der Waals surface area contributed by atoms with Crippen LogP contribution in [0.2, 0.25) is 24.7 Å². The predicted octanol–water partition coefficient (Wildman–Crippen LogP) is 4.79. The van der Waals surface area contributed by atoms with Crippen molar-refractivity contribution in [3.8, 4) is 0 Å². The Bertz CT molecular complexity index is 175. The van der Waals surface area contributed by atoms with Crippen molar-refractivity contribution in [3.05, 3.63) is 36.5 Å². The van der Waals surface area contributed by atoms with Gasteiger partial charge < -0.3 is 0 Å². The molecule has 0 bridgehead atoms. The first-order chi connectivity index (χ1) is 6.68. The summed E-state index contributed by atoms with van der Waals surface area (Å²) in [4.78, 5) is 0. The van der Waals surface area contributed by atoms with Crippen molar-refractivity contribution in [2.24, 2.45) is 0 Å². The van der Waals surface area contributed by atoms with Gasteiger partial charge in [-0.3, -0.25) is 0 Å². The summed E-state index contributed by atoms with van der Waals surface area (Å²) in [7, 11) is -1.07. The van der Waals surface area contributed by atoms with Crippen LogP contribution in [0.25, 0.3) is 0 Å². The fourth-order valence-electron chi connectivity index (χ4n) is 1.46. The molecule has 0 atom stereocenters. The van der Waals surface area contributed by atoms with Crippen molar-refractivity contribution < 1.29 is 0 Å². The monoisotopic (exact) mass is 208 g/mol. The molecule has 0 aromatic rings. The maximum Gasteiger partial charge on any atom is 0.0617 e. The number of hydrogen-bond acceptors (Lipinski definition) is 0. The molecule has 0 amide bonds. The van der Waals surface area contributed by atoms with Gasteiger partial charge in [0.25, 0.3) is 0 Å². The van der Waals surface area contributed by atoms with Crippen LogP contribution in [0.5, 0.6) is 0 Å². The molecule has 0 N–H and O–H groups in total. The van der Waals surface area contributed by atoms with E-state index < -0.39 is 8.07 Å². The summed E-state index contributed by atoms with van der Waals surface area (Å²) in [5, 5.41) is 0. The Morgan fingerprint density at radius 1 is 0.714 bits per heavy atom. The third-order valence-electron chi connectivity index (χ3n) is 2.54. The molecular formula is C13H24Si. The van der Waals surface area contributed by atoms with E-state index in [-0.39, 0.29) is 0 Å². The van der Waals surface area contributed by atoms with Gasteiger partial charge in [-0.2, -0.15) is 0 Å². The molecule has 80 valence electrons. The van der Waals surface area contributed by atoms with Gasteiger partial charge >= 0.3 is 0 Å². The van der Waals surface area contributed by atoms with Gasteiger partial charge in [-0.15, -0.1) is 0 Å². The summed E-state index contributed by atoms with van der Waals surface area (Å²) < 4.78 is 0. The minimum atomic E-state index is -1.07.